The molecule has 4 nitrogen and oxygen atoms in total. The fourth-order valence-electron chi connectivity index (χ4n) is 1.78. The minimum absolute atomic E-state index is 0.0988. The van der Waals surface area contributed by atoms with Crippen molar-refractivity contribution in [2.24, 2.45) is 0 Å². The Kier molecular flexibility index (Phi) is 3.77. The minimum Gasteiger partial charge on any atom is -0.353 e. The zero-order chi connectivity index (χ0) is 13.0. The van der Waals surface area contributed by atoms with Crippen LogP contribution in [0.3, 0.4) is 0 Å². The summed E-state index contributed by atoms with van der Waals surface area (Å²) in [5, 5.41) is 2.69. The molecule has 1 fully saturated rings. The average molecular weight is 244 g/mol. The maximum Gasteiger partial charge on any atom is 0.247 e. The highest BCUT2D eigenvalue weighted by Gasteiger charge is 2.18. The molecule has 0 saturated carbocycles. The van der Waals surface area contributed by atoms with Crippen LogP contribution in [0.15, 0.2) is 30.3 Å². The van der Waals surface area contributed by atoms with Gasteiger partial charge in [-0.25, -0.2) is 0 Å². The Hall–Kier alpha value is -2.10. The Balaban J connectivity index is 1.98. The lowest BCUT2D eigenvalue weighted by Crippen LogP contribution is -2.49. The normalized spacial score (nSPS) is 15.8. The highest BCUT2D eigenvalue weighted by molar-refractivity contribution is 5.94. The van der Waals surface area contributed by atoms with E-state index in [0.29, 0.717) is 13.1 Å². The van der Waals surface area contributed by atoms with E-state index in [-0.39, 0.29) is 18.4 Å². The van der Waals surface area contributed by atoms with Gasteiger partial charge in [-0.15, -0.1) is 0 Å². The van der Waals surface area contributed by atoms with Gasteiger partial charge in [0.2, 0.25) is 11.8 Å². The van der Waals surface area contributed by atoms with Crippen LogP contribution in [0.25, 0.3) is 6.08 Å². The lowest BCUT2D eigenvalue weighted by molar-refractivity contribution is -0.134. The molecule has 0 aliphatic carbocycles. The van der Waals surface area contributed by atoms with E-state index < -0.39 is 0 Å². The van der Waals surface area contributed by atoms with Gasteiger partial charge in [-0.3, -0.25) is 9.59 Å². The Morgan fingerprint density at radius 2 is 2.06 bits per heavy atom. The van der Waals surface area contributed by atoms with Gasteiger partial charge in [0.25, 0.3) is 0 Å². The van der Waals surface area contributed by atoms with Crippen molar-refractivity contribution in [3.8, 4) is 0 Å². The number of hydrogen-bond acceptors (Lipinski definition) is 2. The highest BCUT2D eigenvalue weighted by Crippen LogP contribution is 2.06. The molecule has 0 unspecified atom stereocenters. The first-order valence-electron chi connectivity index (χ1n) is 5.95. The molecule has 1 aliphatic rings. The van der Waals surface area contributed by atoms with Crippen LogP contribution >= 0.6 is 0 Å². The number of hydrogen-bond donors (Lipinski definition) is 1. The zero-order valence-electron chi connectivity index (χ0n) is 10.3. The summed E-state index contributed by atoms with van der Waals surface area (Å²) in [5.41, 5.74) is 2.17. The van der Waals surface area contributed by atoms with Crippen LogP contribution in [-0.4, -0.2) is 36.3 Å². The van der Waals surface area contributed by atoms with Crippen molar-refractivity contribution in [3.05, 3.63) is 41.5 Å². The predicted octanol–water partition coefficient (Wildman–Crippen LogP) is 0.967. The smallest absolute Gasteiger partial charge is 0.247 e. The molecule has 18 heavy (non-hydrogen) atoms. The molecule has 1 N–H and O–H groups in total. The molecule has 1 aromatic rings. The standard InChI is InChI=1S/C14H16N2O2/c1-11-2-4-12(5-3-11)6-7-14(18)16-9-8-15-13(17)10-16/h2-7H,8-10H2,1H3,(H,15,17)/b7-6-. The van der Waals surface area contributed by atoms with Crippen LogP contribution < -0.4 is 5.32 Å². The van der Waals surface area contributed by atoms with Gasteiger partial charge < -0.3 is 10.2 Å². The number of nitrogens with one attached hydrogen (secondary N) is 1. The molecule has 1 saturated heterocycles. The molecular formula is C14H16N2O2. The van der Waals surface area contributed by atoms with E-state index >= 15 is 0 Å². The number of amides is 2. The number of rotatable bonds is 2. The van der Waals surface area contributed by atoms with Gasteiger partial charge >= 0.3 is 0 Å². The maximum atomic E-state index is 11.8. The molecule has 0 spiro atoms. The number of aryl methyl sites for hydroxylation is 1. The fraction of sp³-hybridized carbons (Fsp3) is 0.286. The van der Waals surface area contributed by atoms with Gasteiger partial charge in [0.1, 0.15) is 0 Å². The van der Waals surface area contributed by atoms with E-state index in [1.807, 2.05) is 31.2 Å². The number of nitrogens with zero attached hydrogens (tertiary/aromatic N) is 1. The second-order valence-electron chi connectivity index (χ2n) is 4.35. The zero-order valence-corrected chi connectivity index (χ0v) is 10.3. The van der Waals surface area contributed by atoms with Crippen molar-refractivity contribution in [2.45, 2.75) is 6.92 Å². The number of carbonyl (C=O) groups is 2. The second-order valence-corrected chi connectivity index (χ2v) is 4.35. The summed E-state index contributed by atoms with van der Waals surface area (Å²) in [6, 6.07) is 7.92. The van der Waals surface area contributed by atoms with Crippen LogP contribution in [-0.2, 0) is 9.59 Å². The lowest BCUT2D eigenvalue weighted by Gasteiger charge is -2.25. The highest BCUT2D eigenvalue weighted by atomic mass is 16.2. The number of benzene rings is 1. The van der Waals surface area contributed by atoms with Gasteiger partial charge in [0, 0.05) is 19.2 Å². The molecule has 1 aliphatic heterocycles. The minimum atomic E-state index is -0.120. The summed E-state index contributed by atoms with van der Waals surface area (Å²) in [4.78, 5) is 24.5. The summed E-state index contributed by atoms with van der Waals surface area (Å²) >= 11 is 0. The Morgan fingerprint density at radius 3 is 2.72 bits per heavy atom. The van der Waals surface area contributed by atoms with E-state index in [1.165, 1.54) is 11.6 Å². The monoisotopic (exact) mass is 244 g/mol. The average Bonchev–Trinajstić information content (AvgIpc) is 2.38. The Labute approximate surface area is 106 Å². The van der Waals surface area contributed by atoms with E-state index in [9.17, 15) is 9.59 Å². The molecule has 1 heterocycles. The molecule has 2 amide bonds. The van der Waals surface area contributed by atoms with Gasteiger partial charge in [-0.2, -0.15) is 0 Å². The van der Waals surface area contributed by atoms with Crippen LogP contribution in [0.1, 0.15) is 11.1 Å². The molecule has 0 aromatic heterocycles. The van der Waals surface area contributed by atoms with Gasteiger partial charge in [0.05, 0.1) is 6.54 Å². The first-order valence-corrected chi connectivity index (χ1v) is 5.95. The molecule has 0 radical (unpaired) electrons. The molecule has 1 aromatic carbocycles. The third-order valence-corrected chi connectivity index (χ3v) is 2.85. The third-order valence-electron chi connectivity index (χ3n) is 2.85. The van der Waals surface area contributed by atoms with Crippen LogP contribution in [0, 0.1) is 6.92 Å². The van der Waals surface area contributed by atoms with Crippen molar-refractivity contribution in [1.29, 1.82) is 0 Å². The van der Waals surface area contributed by atoms with E-state index in [4.69, 9.17) is 0 Å². The summed E-state index contributed by atoms with van der Waals surface area (Å²) < 4.78 is 0. The summed E-state index contributed by atoms with van der Waals surface area (Å²) in [6.45, 7) is 3.27. The SMILES string of the molecule is Cc1ccc(/C=C\C(=O)N2CCNC(=O)C2)cc1. The first kappa shape index (κ1) is 12.4. The van der Waals surface area contributed by atoms with Crippen LogP contribution in [0.5, 0.6) is 0 Å². The summed E-state index contributed by atoms with van der Waals surface area (Å²) in [5.74, 6) is -0.219. The predicted molar refractivity (Wildman–Crippen MR) is 69.8 cm³/mol. The van der Waals surface area contributed by atoms with Crippen molar-refractivity contribution < 1.29 is 9.59 Å². The Morgan fingerprint density at radius 1 is 1.33 bits per heavy atom. The molecule has 2 rings (SSSR count). The van der Waals surface area contributed by atoms with Gasteiger partial charge in [0.15, 0.2) is 0 Å². The summed E-state index contributed by atoms with van der Waals surface area (Å²) in [7, 11) is 0. The summed E-state index contributed by atoms with van der Waals surface area (Å²) in [6.07, 6.45) is 3.29. The molecule has 4 heteroatoms. The maximum absolute atomic E-state index is 11.8. The van der Waals surface area contributed by atoms with E-state index in [2.05, 4.69) is 5.32 Å². The van der Waals surface area contributed by atoms with Gasteiger partial charge in [-0.05, 0) is 18.6 Å². The van der Waals surface area contributed by atoms with Crippen molar-refractivity contribution in [1.82, 2.24) is 10.2 Å². The second kappa shape index (κ2) is 5.49. The Bertz CT molecular complexity index is 477. The topological polar surface area (TPSA) is 49.4 Å². The van der Waals surface area contributed by atoms with Crippen LogP contribution in [0.2, 0.25) is 0 Å². The van der Waals surface area contributed by atoms with Crippen molar-refractivity contribution >= 4 is 17.9 Å². The van der Waals surface area contributed by atoms with Gasteiger partial charge in [-0.1, -0.05) is 29.8 Å². The van der Waals surface area contributed by atoms with Crippen LogP contribution in [0.4, 0.5) is 0 Å². The van der Waals surface area contributed by atoms with Crippen molar-refractivity contribution in [3.63, 3.8) is 0 Å². The quantitative estimate of drug-likeness (QED) is 0.788. The fourth-order valence-corrected chi connectivity index (χ4v) is 1.78. The largest absolute Gasteiger partial charge is 0.353 e. The number of carbonyl (C=O) groups excluding carboxylic acids is 2. The van der Waals surface area contributed by atoms with E-state index in [0.717, 1.165) is 5.56 Å². The number of piperazine rings is 1. The lowest BCUT2D eigenvalue weighted by atomic mass is 10.1. The molecule has 0 atom stereocenters. The third kappa shape index (κ3) is 3.20. The molecular weight excluding hydrogens is 228 g/mol. The molecule has 0 bridgehead atoms. The molecule has 94 valence electrons. The van der Waals surface area contributed by atoms with Crippen molar-refractivity contribution in [2.75, 3.05) is 19.6 Å². The first-order chi connectivity index (χ1) is 8.65. The van der Waals surface area contributed by atoms with E-state index in [1.54, 1.807) is 11.0 Å².